The van der Waals surface area contributed by atoms with E-state index in [0.717, 1.165) is 0 Å². The summed E-state index contributed by atoms with van der Waals surface area (Å²) in [5.74, 6) is 0.444. The summed E-state index contributed by atoms with van der Waals surface area (Å²) in [5.41, 5.74) is 0.0841. The predicted octanol–water partition coefficient (Wildman–Crippen LogP) is 2.79. The van der Waals surface area contributed by atoms with Gasteiger partial charge in [0.05, 0.1) is 12.2 Å². The van der Waals surface area contributed by atoms with Crippen LogP contribution >= 0.6 is 0 Å². The maximum Gasteiger partial charge on any atom is 0.272 e. The summed E-state index contributed by atoms with van der Waals surface area (Å²) in [7, 11) is 0. The first-order valence-electron chi connectivity index (χ1n) is 5.78. The van der Waals surface area contributed by atoms with Gasteiger partial charge in [0.1, 0.15) is 0 Å². The molecule has 3 atom stereocenters. The Balaban J connectivity index is 2.68. The summed E-state index contributed by atoms with van der Waals surface area (Å²) in [5, 5.41) is 0. The van der Waals surface area contributed by atoms with Crippen LogP contribution in [0.1, 0.15) is 41.5 Å². The third-order valence-corrected chi connectivity index (χ3v) is 2.64. The van der Waals surface area contributed by atoms with Crippen LogP contribution in [0.25, 0.3) is 0 Å². The van der Waals surface area contributed by atoms with Crippen molar-refractivity contribution in [1.29, 1.82) is 0 Å². The molecule has 0 radical (unpaired) electrons. The lowest BCUT2D eigenvalue weighted by atomic mass is 9.82. The molecule has 1 saturated heterocycles. The molecule has 0 saturated carbocycles. The van der Waals surface area contributed by atoms with E-state index in [1.54, 1.807) is 0 Å². The van der Waals surface area contributed by atoms with Gasteiger partial charge in [-0.25, -0.2) is 0 Å². The summed E-state index contributed by atoms with van der Waals surface area (Å²) in [6.45, 7) is 12.9. The Morgan fingerprint density at radius 2 is 1.80 bits per heavy atom. The van der Waals surface area contributed by atoms with E-state index < -0.39 is 6.48 Å². The van der Waals surface area contributed by atoms with E-state index in [1.165, 1.54) is 0 Å². The van der Waals surface area contributed by atoms with Crippen LogP contribution in [0.4, 0.5) is 0 Å². The summed E-state index contributed by atoms with van der Waals surface area (Å²) in [6, 6.07) is 0. The molecule has 1 rings (SSSR count). The highest BCUT2D eigenvalue weighted by Crippen LogP contribution is 2.36. The first kappa shape index (κ1) is 12.9. The molecule has 0 aromatic rings. The van der Waals surface area contributed by atoms with Crippen LogP contribution in [0.2, 0.25) is 0 Å². The topological polar surface area (TPSA) is 27.7 Å². The largest absolute Gasteiger partial charge is 0.330 e. The van der Waals surface area contributed by atoms with E-state index >= 15 is 0 Å². The highest BCUT2D eigenvalue weighted by atomic mass is 16.9. The van der Waals surface area contributed by atoms with Crippen molar-refractivity contribution in [3.8, 4) is 0 Å². The highest BCUT2D eigenvalue weighted by molar-refractivity contribution is 4.87. The Hall–Kier alpha value is -0.120. The molecule has 1 unspecified atom stereocenters. The van der Waals surface area contributed by atoms with Crippen molar-refractivity contribution in [3.63, 3.8) is 0 Å². The molecule has 0 aromatic heterocycles. The molecule has 0 aliphatic carbocycles. The van der Waals surface area contributed by atoms with Crippen LogP contribution in [0.15, 0.2) is 0 Å². The first-order valence-corrected chi connectivity index (χ1v) is 5.78. The zero-order chi connectivity index (χ0) is 11.6. The number of hydrogen-bond acceptors (Lipinski definition) is 3. The van der Waals surface area contributed by atoms with Gasteiger partial charge in [0.15, 0.2) is 0 Å². The normalized spacial score (nSPS) is 32.6. The Morgan fingerprint density at radius 1 is 1.20 bits per heavy atom. The molecular weight excluding hydrogens is 192 g/mol. The molecule has 0 bridgehead atoms. The molecule has 3 nitrogen and oxygen atoms in total. The van der Waals surface area contributed by atoms with Gasteiger partial charge in [-0.2, -0.15) is 0 Å². The maximum absolute atomic E-state index is 5.80. The molecule has 1 fully saturated rings. The smallest absolute Gasteiger partial charge is 0.272 e. The summed E-state index contributed by atoms with van der Waals surface area (Å²) in [6.07, 6.45) is 0.232. The van der Waals surface area contributed by atoms with Crippen molar-refractivity contribution in [1.82, 2.24) is 0 Å². The van der Waals surface area contributed by atoms with E-state index in [9.17, 15) is 0 Å². The average molecular weight is 216 g/mol. The lowest BCUT2D eigenvalue weighted by Gasteiger charge is -2.30. The fourth-order valence-corrected chi connectivity index (χ4v) is 1.85. The van der Waals surface area contributed by atoms with Gasteiger partial charge in [-0.3, -0.25) is 0 Å². The van der Waals surface area contributed by atoms with Gasteiger partial charge in [0.25, 0.3) is 6.48 Å². The molecular formula is C12H24O3. The molecule has 0 amide bonds. The minimum Gasteiger partial charge on any atom is -0.330 e. The maximum atomic E-state index is 5.80. The van der Waals surface area contributed by atoms with Crippen LogP contribution in [-0.4, -0.2) is 25.3 Å². The monoisotopic (exact) mass is 216 g/mol. The standard InChI is InChI=1S/C12H24O3/c1-7-13-11-14-9(8(2)3)10(15-11)12(4,5)6/h8-11H,7H2,1-6H3/t9-,10+,11?/m0/s1. The first-order chi connectivity index (χ1) is 6.86. The lowest BCUT2D eigenvalue weighted by Crippen LogP contribution is -2.38. The Labute approximate surface area is 93.1 Å². The van der Waals surface area contributed by atoms with Gasteiger partial charge in [-0.1, -0.05) is 34.6 Å². The summed E-state index contributed by atoms with van der Waals surface area (Å²) < 4.78 is 16.9. The Kier molecular flexibility index (Phi) is 4.15. The van der Waals surface area contributed by atoms with Crippen molar-refractivity contribution < 1.29 is 14.2 Å². The molecule has 0 spiro atoms. The SMILES string of the molecule is CCOC1O[C@@H](C(C)(C)C)[C@H](C(C)C)O1. The van der Waals surface area contributed by atoms with Gasteiger partial charge in [-0.05, 0) is 18.3 Å². The van der Waals surface area contributed by atoms with E-state index in [0.29, 0.717) is 12.5 Å². The van der Waals surface area contributed by atoms with Crippen LogP contribution in [0.5, 0.6) is 0 Å². The van der Waals surface area contributed by atoms with E-state index in [-0.39, 0.29) is 17.6 Å². The molecule has 1 aliphatic heterocycles. The van der Waals surface area contributed by atoms with Crippen molar-refractivity contribution in [2.24, 2.45) is 11.3 Å². The quantitative estimate of drug-likeness (QED) is 0.726. The second kappa shape index (κ2) is 4.81. The molecule has 1 aliphatic rings. The van der Waals surface area contributed by atoms with Crippen LogP contribution in [0.3, 0.4) is 0 Å². The number of hydrogen-bond donors (Lipinski definition) is 0. The lowest BCUT2D eigenvalue weighted by molar-refractivity contribution is -0.245. The Bertz CT molecular complexity index is 196. The fourth-order valence-electron chi connectivity index (χ4n) is 1.85. The third kappa shape index (κ3) is 3.16. The second-order valence-electron chi connectivity index (χ2n) is 5.51. The highest BCUT2D eigenvalue weighted by Gasteiger charge is 2.44. The van der Waals surface area contributed by atoms with Crippen molar-refractivity contribution in [2.75, 3.05) is 6.61 Å². The molecule has 0 aromatic carbocycles. The van der Waals surface area contributed by atoms with Gasteiger partial charge in [-0.15, -0.1) is 0 Å². The van der Waals surface area contributed by atoms with Gasteiger partial charge in [0.2, 0.25) is 0 Å². The third-order valence-electron chi connectivity index (χ3n) is 2.64. The van der Waals surface area contributed by atoms with Crippen molar-refractivity contribution in [3.05, 3.63) is 0 Å². The minimum absolute atomic E-state index is 0.0841. The van der Waals surface area contributed by atoms with Crippen LogP contribution in [-0.2, 0) is 14.2 Å². The molecule has 90 valence electrons. The molecule has 3 heteroatoms. The fraction of sp³-hybridized carbons (Fsp3) is 1.00. The number of rotatable bonds is 3. The van der Waals surface area contributed by atoms with Gasteiger partial charge >= 0.3 is 0 Å². The molecule has 1 heterocycles. The Morgan fingerprint density at radius 3 is 2.13 bits per heavy atom. The second-order valence-corrected chi connectivity index (χ2v) is 5.51. The molecule has 0 N–H and O–H groups in total. The predicted molar refractivity (Wildman–Crippen MR) is 59.5 cm³/mol. The van der Waals surface area contributed by atoms with Crippen LogP contribution < -0.4 is 0 Å². The summed E-state index contributed by atoms with van der Waals surface area (Å²) >= 11 is 0. The summed E-state index contributed by atoms with van der Waals surface area (Å²) in [4.78, 5) is 0. The van der Waals surface area contributed by atoms with Crippen molar-refractivity contribution in [2.45, 2.75) is 60.2 Å². The van der Waals surface area contributed by atoms with Crippen molar-refractivity contribution >= 4 is 0 Å². The van der Waals surface area contributed by atoms with E-state index in [2.05, 4.69) is 34.6 Å². The molecule has 15 heavy (non-hydrogen) atoms. The van der Waals surface area contributed by atoms with Gasteiger partial charge < -0.3 is 14.2 Å². The zero-order valence-corrected chi connectivity index (χ0v) is 10.7. The minimum atomic E-state index is -0.480. The average Bonchev–Trinajstić information content (AvgIpc) is 2.48. The van der Waals surface area contributed by atoms with E-state index in [1.807, 2.05) is 6.92 Å². The van der Waals surface area contributed by atoms with Gasteiger partial charge in [0, 0.05) is 6.61 Å². The van der Waals surface area contributed by atoms with Crippen LogP contribution in [0, 0.1) is 11.3 Å². The zero-order valence-electron chi connectivity index (χ0n) is 10.7. The number of ether oxygens (including phenoxy) is 3. The van der Waals surface area contributed by atoms with E-state index in [4.69, 9.17) is 14.2 Å².